The van der Waals surface area contributed by atoms with Gasteiger partial charge in [0.2, 0.25) is 0 Å². The van der Waals surface area contributed by atoms with Gasteiger partial charge in [0, 0.05) is 49.7 Å². The lowest BCUT2D eigenvalue weighted by molar-refractivity contribution is -0.136. The Balaban J connectivity index is 1.70. The van der Waals surface area contributed by atoms with Gasteiger partial charge in [0.25, 0.3) is 0 Å². The molecule has 0 unspecified atom stereocenters. The molecule has 0 bridgehead atoms. The molecule has 7 heteroatoms. The summed E-state index contributed by atoms with van der Waals surface area (Å²) >= 11 is 0. The van der Waals surface area contributed by atoms with Crippen molar-refractivity contribution >= 4 is 5.97 Å². The summed E-state index contributed by atoms with van der Waals surface area (Å²) < 4.78 is 2.05. The molecular formula is C18H25N5O2. The van der Waals surface area contributed by atoms with Gasteiger partial charge in [-0.05, 0) is 32.4 Å². The van der Waals surface area contributed by atoms with E-state index in [1.54, 1.807) is 0 Å². The number of hydrogen-bond donors (Lipinski definition) is 1. The summed E-state index contributed by atoms with van der Waals surface area (Å²) in [6.07, 6.45) is 6.53. The summed E-state index contributed by atoms with van der Waals surface area (Å²) in [5.74, 6) is 1.41. The van der Waals surface area contributed by atoms with Crippen molar-refractivity contribution < 1.29 is 9.90 Å². The van der Waals surface area contributed by atoms with Gasteiger partial charge in [-0.2, -0.15) is 0 Å². The van der Waals surface area contributed by atoms with Gasteiger partial charge in [-0.3, -0.25) is 9.69 Å². The molecule has 0 saturated carbocycles. The summed E-state index contributed by atoms with van der Waals surface area (Å²) in [6.45, 7) is 4.75. The fourth-order valence-corrected chi connectivity index (χ4v) is 3.36. The zero-order valence-electron chi connectivity index (χ0n) is 14.9. The highest BCUT2D eigenvalue weighted by atomic mass is 16.4. The van der Waals surface area contributed by atoms with Crippen LogP contribution in [0.1, 0.15) is 48.2 Å². The monoisotopic (exact) mass is 343 g/mol. The summed E-state index contributed by atoms with van der Waals surface area (Å²) in [5, 5.41) is 8.88. The van der Waals surface area contributed by atoms with E-state index in [1.807, 2.05) is 32.4 Å². The molecule has 25 heavy (non-hydrogen) atoms. The van der Waals surface area contributed by atoms with Crippen LogP contribution in [0.15, 0.2) is 18.5 Å². The van der Waals surface area contributed by atoms with Gasteiger partial charge < -0.3 is 9.67 Å². The Kier molecular flexibility index (Phi) is 5.43. The molecule has 1 aliphatic heterocycles. The Labute approximate surface area is 147 Å². The number of hydrogen-bond acceptors (Lipinski definition) is 5. The van der Waals surface area contributed by atoms with E-state index in [9.17, 15) is 4.79 Å². The van der Waals surface area contributed by atoms with Gasteiger partial charge in [-0.15, -0.1) is 0 Å². The molecule has 0 aromatic carbocycles. The molecule has 1 atom stereocenters. The summed E-state index contributed by atoms with van der Waals surface area (Å²) in [6, 6.07) is 1.89. The molecule has 0 spiro atoms. The highest BCUT2D eigenvalue weighted by Gasteiger charge is 2.24. The lowest BCUT2D eigenvalue weighted by atomic mass is 9.96. The predicted molar refractivity (Wildman–Crippen MR) is 93.2 cm³/mol. The third kappa shape index (κ3) is 4.63. The maximum atomic E-state index is 10.8. The highest BCUT2D eigenvalue weighted by molar-refractivity contribution is 5.66. The number of aromatic nitrogens is 4. The van der Waals surface area contributed by atoms with E-state index in [1.165, 1.54) is 0 Å². The minimum atomic E-state index is -0.795. The van der Waals surface area contributed by atoms with Crippen LogP contribution in [-0.4, -0.2) is 48.6 Å². The molecule has 134 valence electrons. The largest absolute Gasteiger partial charge is 0.481 e. The van der Waals surface area contributed by atoms with E-state index in [2.05, 4.69) is 24.4 Å². The number of aryl methyl sites for hydroxylation is 3. The van der Waals surface area contributed by atoms with Crippen molar-refractivity contribution in [3.05, 3.63) is 41.5 Å². The number of nitrogens with zero attached hydrogens (tertiary/aromatic N) is 5. The number of likely N-dealkylation sites (tertiary alicyclic amines) is 1. The first kappa shape index (κ1) is 17.5. The van der Waals surface area contributed by atoms with Gasteiger partial charge in [0.15, 0.2) is 0 Å². The molecule has 1 N–H and O–H groups in total. The SMILES string of the molecule is Cc1cc(CCC(=O)O)nc([C@@H]2CCCN(Cc3nccn3C)C2)n1. The second-order valence-corrected chi connectivity index (χ2v) is 6.78. The van der Waals surface area contributed by atoms with Crippen LogP contribution >= 0.6 is 0 Å². The van der Waals surface area contributed by atoms with Crippen LogP contribution in [0.25, 0.3) is 0 Å². The van der Waals surface area contributed by atoms with Crippen LogP contribution in [0, 0.1) is 6.92 Å². The molecule has 3 heterocycles. The van der Waals surface area contributed by atoms with E-state index >= 15 is 0 Å². The van der Waals surface area contributed by atoms with Crippen LogP contribution in [0.5, 0.6) is 0 Å². The van der Waals surface area contributed by atoms with E-state index in [-0.39, 0.29) is 12.3 Å². The van der Waals surface area contributed by atoms with Crippen LogP contribution in [0.2, 0.25) is 0 Å². The third-order valence-electron chi connectivity index (χ3n) is 4.68. The van der Waals surface area contributed by atoms with E-state index in [4.69, 9.17) is 5.11 Å². The van der Waals surface area contributed by atoms with Crippen molar-refractivity contribution in [3.8, 4) is 0 Å². The average Bonchev–Trinajstić information content (AvgIpc) is 2.98. The van der Waals surface area contributed by atoms with E-state index < -0.39 is 5.97 Å². The van der Waals surface area contributed by atoms with Crippen molar-refractivity contribution in [2.75, 3.05) is 13.1 Å². The zero-order valence-corrected chi connectivity index (χ0v) is 14.9. The van der Waals surface area contributed by atoms with Crippen molar-refractivity contribution in [2.45, 2.75) is 45.1 Å². The fraction of sp³-hybridized carbons (Fsp3) is 0.556. The maximum absolute atomic E-state index is 10.8. The maximum Gasteiger partial charge on any atom is 0.303 e. The number of imidazole rings is 1. The molecule has 1 fully saturated rings. The van der Waals surface area contributed by atoms with Crippen molar-refractivity contribution in [1.29, 1.82) is 0 Å². The highest BCUT2D eigenvalue weighted by Crippen LogP contribution is 2.26. The van der Waals surface area contributed by atoms with Crippen molar-refractivity contribution in [2.24, 2.45) is 7.05 Å². The zero-order chi connectivity index (χ0) is 17.8. The van der Waals surface area contributed by atoms with Crippen molar-refractivity contribution in [3.63, 3.8) is 0 Å². The number of carboxylic acids is 1. The Morgan fingerprint density at radius 1 is 1.40 bits per heavy atom. The number of rotatable bonds is 6. The molecule has 2 aromatic heterocycles. The van der Waals surface area contributed by atoms with Gasteiger partial charge in [0.05, 0.1) is 13.0 Å². The summed E-state index contributed by atoms with van der Waals surface area (Å²) in [5.41, 5.74) is 1.73. The van der Waals surface area contributed by atoms with Gasteiger partial charge in [0.1, 0.15) is 11.6 Å². The van der Waals surface area contributed by atoms with Crippen LogP contribution < -0.4 is 0 Å². The molecule has 0 radical (unpaired) electrons. The van der Waals surface area contributed by atoms with Crippen LogP contribution in [0.3, 0.4) is 0 Å². The normalized spacial score (nSPS) is 18.4. The van der Waals surface area contributed by atoms with E-state index in [0.29, 0.717) is 6.42 Å². The molecule has 0 aliphatic carbocycles. The number of carboxylic acid groups (broad SMARTS) is 1. The minimum absolute atomic E-state index is 0.103. The topological polar surface area (TPSA) is 84.1 Å². The number of piperidine rings is 1. The smallest absolute Gasteiger partial charge is 0.303 e. The molecule has 1 saturated heterocycles. The Morgan fingerprint density at radius 3 is 2.96 bits per heavy atom. The van der Waals surface area contributed by atoms with Gasteiger partial charge >= 0.3 is 5.97 Å². The minimum Gasteiger partial charge on any atom is -0.481 e. The van der Waals surface area contributed by atoms with Crippen LogP contribution in [0.4, 0.5) is 0 Å². The fourth-order valence-electron chi connectivity index (χ4n) is 3.36. The standard InChI is InChI=1S/C18H25N5O2/c1-13-10-15(5-6-17(24)25)21-18(20-13)14-4-3-8-23(11-14)12-16-19-7-9-22(16)2/h7,9-10,14H,3-6,8,11-12H2,1-2H3,(H,24,25)/t14-/m1/s1. The molecule has 2 aromatic rings. The number of aliphatic carboxylic acids is 1. The molecule has 1 aliphatic rings. The lowest BCUT2D eigenvalue weighted by Gasteiger charge is -2.31. The third-order valence-corrected chi connectivity index (χ3v) is 4.68. The van der Waals surface area contributed by atoms with Crippen molar-refractivity contribution in [1.82, 2.24) is 24.4 Å². The first-order chi connectivity index (χ1) is 12.0. The second-order valence-electron chi connectivity index (χ2n) is 6.78. The molecule has 3 rings (SSSR count). The Hall–Kier alpha value is -2.28. The Morgan fingerprint density at radius 2 is 2.24 bits per heavy atom. The molecular weight excluding hydrogens is 318 g/mol. The van der Waals surface area contributed by atoms with Gasteiger partial charge in [-0.1, -0.05) is 0 Å². The van der Waals surface area contributed by atoms with E-state index in [0.717, 1.165) is 55.5 Å². The lowest BCUT2D eigenvalue weighted by Crippen LogP contribution is -2.35. The Bertz CT molecular complexity index is 743. The first-order valence-corrected chi connectivity index (χ1v) is 8.76. The second kappa shape index (κ2) is 7.74. The van der Waals surface area contributed by atoms with Gasteiger partial charge in [-0.25, -0.2) is 15.0 Å². The quantitative estimate of drug-likeness (QED) is 0.862. The van der Waals surface area contributed by atoms with Crippen LogP contribution in [-0.2, 0) is 24.8 Å². The molecule has 0 amide bonds. The summed E-state index contributed by atoms with van der Waals surface area (Å²) in [4.78, 5) is 26.9. The average molecular weight is 343 g/mol. The number of carbonyl (C=O) groups is 1. The first-order valence-electron chi connectivity index (χ1n) is 8.76. The molecule has 7 nitrogen and oxygen atoms in total. The predicted octanol–water partition coefficient (Wildman–Crippen LogP) is 1.92. The summed E-state index contributed by atoms with van der Waals surface area (Å²) in [7, 11) is 2.02.